The number of nitrogens with two attached hydrogens (primary N) is 1. The topological polar surface area (TPSA) is 107 Å². The Bertz CT molecular complexity index is 1200. The van der Waals surface area contributed by atoms with Crippen molar-refractivity contribution in [2.24, 2.45) is 9.36 Å². The van der Waals surface area contributed by atoms with Crippen LogP contribution in [-0.4, -0.2) is 51.1 Å². The fourth-order valence-electron chi connectivity index (χ4n) is 6.06. The van der Waals surface area contributed by atoms with Gasteiger partial charge in [0.15, 0.2) is 0 Å². The maximum Gasteiger partial charge on any atom is 0.312 e. The van der Waals surface area contributed by atoms with Crippen molar-refractivity contribution in [1.29, 1.82) is 0 Å². The second kappa shape index (κ2) is 10.1. The van der Waals surface area contributed by atoms with E-state index >= 15 is 4.39 Å². The molecule has 37 heavy (non-hydrogen) atoms. The first kappa shape index (κ1) is 29.7. The number of rotatable bonds is 7. The van der Waals surface area contributed by atoms with E-state index in [0.717, 1.165) is 24.6 Å². The van der Waals surface area contributed by atoms with Gasteiger partial charge in [0.05, 0.1) is 34.2 Å². The van der Waals surface area contributed by atoms with Crippen LogP contribution < -0.4 is 10.9 Å². The molecule has 10 heteroatoms. The number of aliphatic imine (C=N–C) groups is 1. The number of carbonyl (C=O) groups excluding carboxylic acids is 1. The highest BCUT2D eigenvalue weighted by Crippen LogP contribution is 2.48. The molecule has 0 spiro atoms. The second-order valence-electron chi connectivity index (χ2n) is 12.1. The van der Waals surface area contributed by atoms with Crippen LogP contribution in [0.25, 0.3) is 0 Å². The van der Waals surface area contributed by atoms with Crippen LogP contribution in [0.3, 0.4) is 0 Å². The van der Waals surface area contributed by atoms with Crippen LogP contribution in [0.4, 0.5) is 10.2 Å². The molecule has 2 aliphatic heterocycles. The van der Waals surface area contributed by atoms with Gasteiger partial charge in [0.1, 0.15) is 28.5 Å². The van der Waals surface area contributed by atoms with Gasteiger partial charge in [-0.3, -0.25) is 9.79 Å². The highest BCUT2D eigenvalue weighted by Gasteiger charge is 2.57. The monoisotopic (exact) mass is 552 g/mol. The number of esters is 1. The van der Waals surface area contributed by atoms with Gasteiger partial charge in [-0.15, -0.1) is 0 Å². The van der Waals surface area contributed by atoms with Crippen LogP contribution in [0.2, 0.25) is 18.1 Å². The van der Waals surface area contributed by atoms with E-state index in [-0.39, 0.29) is 23.7 Å². The molecule has 2 N–H and O–H groups in total. The number of nitrogen functional groups attached to an aromatic ring is 1. The van der Waals surface area contributed by atoms with E-state index in [1.54, 1.807) is 33.8 Å². The zero-order valence-electron chi connectivity index (χ0n) is 24.0. The Labute approximate surface area is 223 Å². The van der Waals surface area contributed by atoms with Gasteiger partial charge in [-0.25, -0.2) is 17.9 Å². The summed E-state index contributed by atoms with van der Waals surface area (Å²) in [6.07, 6.45) is 1.17. The first-order valence-electron chi connectivity index (χ1n) is 13.5. The highest BCUT2D eigenvalue weighted by atomic mass is 32.2. The first-order valence-corrected chi connectivity index (χ1v) is 17.7. The number of carbonyl (C=O) groups is 1. The third-order valence-electron chi connectivity index (χ3n) is 8.50. The number of hydrogen-bond donors (Lipinski definition) is 1. The molecule has 0 saturated carbocycles. The van der Waals surface area contributed by atoms with Gasteiger partial charge in [0.25, 0.3) is 0 Å². The maximum atomic E-state index is 16.7. The molecule has 0 aromatic carbocycles. The first-order chi connectivity index (χ1) is 17.0. The molecular formula is C27H45FN4O3SSi. The zero-order chi connectivity index (χ0) is 28.0. The molecule has 1 aromatic heterocycles. The van der Waals surface area contributed by atoms with E-state index in [2.05, 4.69) is 30.1 Å². The quantitative estimate of drug-likeness (QED) is 0.363. The zero-order valence-corrected chi connectivity index (χ0v) is 25.9. The molecule has 0 fully saturated rings. The largest absolute Gasteiger partial charge is 0.460 e. The minimum Gasteiger partial charge on any atom is -0.460 e. The summed E-state index contributed by atoms with van der Waals surface area (Å²) in [5.41, 5.74) is 4.90. The van der Waals surface area contributed by atoms with E-state index in [4.69, 9.17) is 15.5 Å². The number of pyridine rings is 1. The maximum absolute atomic E-state index is 16.7. The molecule has 3 atom stereocenters. The minimum atomic E-state index is -2.95. The van der Waals surface area contributed by atoms with Gasteiger partial charge >= 0.3 is 5.97 Å². The SMILES string of the molecule is CC[Si](CC)(CC)c1cc(N)nc([C@@]2(C)N=C(CC(=O)OC(C)(C)C)C(C)(C)[S@]3(=O)=NCCC[C@@H]23)c1F. The average Bonchev–Trinajstić information content (AvgIpc) is 2.80. The Kier molecular flexibility index (Phi) is 8.08. The molecule has 208 valence electrons. The Morgan fingerprint density at radius 2 is 1.81 bits per heavy atom. The summed E-state index contributed by atoms with van der Waals surface area (Å²) in [7, 11) is -5.12. The van der Waals surface area contributed by atoms with Gasteiger partial charge in [-0.1, -0.05) is 38.9 Å². The van der Waals surface area contributed by atoms with E-state index in [9.17, 15) is 9.00 Å². The lowest BCUT2D eigenvalue weighted by molar-refractivity contribution is -0.153. The van der Waals surface area contributed by atoms with Crippen molar-refractivity contribution in [3.05, 3.63) is 17.6 Å². The third-order valence-corrected chi connectivity index (χ3v) is 17.8. The molecule has 2 aliphatic rings. The van der Waals surface area contributed by atoms with Gasteiger partial charge in [-0.2, -0.15) is 0 Å². The molecule has 0 saturated heterocycles. The Morgan fingerprint density at radius 1 is 1.22 bits per heavy atom. The van der Waals surface area contributed by atoms with Crippen molar-refractivity contribution in [1.82, 2.24) is 4.98 Å². The smallest absolute Gasteiger partial charge is 0.312 e. The molecule has 3 rings (SSSR count). The van der Waals surface area contributed by atoms with E-state index in [0.29, 0.717) is 23.9 Å². The number of aromatic nitrogens is 1. The number of ether oxygens (including phenoxy) is 1. The summed E-state index contributed by atoms with van der Waals surface area (Å²) >= 11 is 0. The predicted octanol–water partition coefficient (Wildman–Crippen LogP) is 5.33. The molecule has 3 heterocycles. The fraction of sp³-hybridized carbons (Fsp3) is 0.741. The summed E-state index contributed by atoms with van der Waals surface area (Å²) in [6.45, 7) is 17.7. The van der Waals surface area contributed by atoms with Crippen molar-refractivity contribution in [3.63, 3.8) is 0 Å². The Morgan fingerprint density at radius 3 is 2.35 bits per heavy atom. The lowest BCUT2D eigenvalue weighted by atomic mass is 9.87. The average molecular weight is 553 g/mol. The van der Waals surface area contributed by atoms with E-state index < -0.39 is 44.9 Å². The van der Waals surface area contributed by atoms with Crippen molar-refractivity contribution in [3.8, 4) is 0 Å². The van der Waals surface area contributed by atoms with E-state index in [1.165, 1.54) is 0 Å². The molecule has 0 amide bonds. The molecule has 1 aromatic rings. The number of halogens is 1. The summed E-state index contributed by atoms with van der Waals surface area (Å²) < 4.78 is 40.7. The number of nitrogens with zero attached hydrogens (tertiary/aromatic N) is 3. The van der Waals surface area contributed by atoms with Crippen molar-refractivity contribution in [2.75, 3.05) is 12.3 Å². The van der Waals surface area contributed by atoms with Crippen molar-refractivity contribution < 1.29 is 18.1 Å². The van der Waals surface area contributed by atoms with Crippen LogP contribution in [0.1, 0.15) is 87.3 Å². The highest BCUT2D eigenvalue weighted by molar-refractivity contribution is 7.96. The summed E-state index contributed by atoms with van der Waals surface area (Å²) in [6, 6.07) is 4.34. The van der Waals surface area contributed by atoms with Crippen LogP contribution >= 0.6 is 0 Å². The van der Waals surface area contributed by atoms with Gasteiger partial charge in [0, 0.05) is 12.3 Å². The van der Waals surface area contributed by atoms with Crippen molar-refractivity contribution >= 4 is 40.5 Å². The molecular weight excluding hydrogens is 507 g/mol. The molecule has 0 aliphatic carbocycles. The molecule has 7 nitrogen and oxygen atoms in total. The summed E-state index contributed by atoms with van der Waals surface area (Å²) in [5.74, 6) is -0.607. The van der Waals surface area contributed by atoms with Gasteiger partial charge in [0.2, 0.25) is 0 Å². The Balaban J connectivity index is 2.33. The second-order valence-corrected chi connectivity index (χ2v) is 20.3. The standard InChI is InChI=1S/C27H45FN4O3SSi/c1-10-37(11-2,12-3)18-16-21(29)31-24(23(18)28)27(9)20-14-13-15-30-36(20,34)26(7,8)19(32-27)17-22(33)35-25(4,5)6/h16,20H,10-15,17H2,1-9H3,(H2,29,31)/t20-,27-,36-/m0/s1. The molecule has 0 radical (unpaired) electrons. The fourth-order valence-corrected chi connectivity index (χ4v) is 13.1. The lowest BCUT2D eigenvalue weighted by Crippen LogP contribution is -2.59. The number of fused-ring (bicyclic) bond motifs is 1. The molecule has 0 unspecified atom stereocenters. The summed E-state index contributed by atoms with van der Waals surface area (Å²) in [4.78, 5) is 22.5. The van der Waals surface area contributed by atoms with Gasteiger partial charge in [-0.05, 0) is 65.6 Å². The van der Waals surface area contributed by atoms with Crippen LogP contribution in [0.5, 0.6) is 0 Å². The molecule has 0 bridgehead atoms. The minimum absolute atomic E-state index is 0.127. The van der Waals surface area contributed by atoms with E-state index in [1.807, 2.05) is 13.8 Å². The summed E-state index contributed by atoms with van der Waals surface area (Å²) in [5, 5.41) is 0.112. The third kappa shape index (κ3) is 5.00. The normalized spacial score (nSPS) is 27.6. The number of hydrogen-bond acceptors (Lipinski definition) is 7. The van der Waals surface area contributed by atoms with Crippen LogP contribution in [0.15, 0.2) is 15.4 Å². The predicted molar refractivity (Wildman–Crippen MR) is 153 cm³/mol. The lowest BCUT2D eigenvalue weighted by Gasteiger charge is -2.49. The van der Waals surface area contributed by atoms with Crippen molar-refractivity contribution in [2.45, 2.75) is 121 Å². The van der Waals surface area contributed by atoms with Crippen LogP contribution in [-0.2, 0) is 24.8 Å². The Hall–Kier alpha value is -1.81. The van der Waals surface area contributed by atoms with Gasteiger partial charge < -0.3 is 10.5 Å². The van der Waals surface area contributed by atoms with Crippen LogP contribution in [0, 0.1) is 5.82 Å². The number of anilines is 1.